The number of carboxylic acid groups (broad SMARTS) is 1. The molecule has 0 saturated heterocycles. The molecule has 1 N–H and O–H groups in total. The Balaban J connectivity index is 2.41. The molecule has 2 heteroatoms. The fourth-order valence-electron chi connectivity index (χ4n) is 2.67. The average Bonchev–Trinajstić information content (AvgIpc) is 2.45. The summed E-state index contributed by atoms with van der Waals surface area (Å²) in [6, 6.07) is 16.1. The summed E-state index contributed by atoms with van der Waals surface area (Å²) in [6.07, 6.45) is 0.659. The standard InChI is InChI=1S/C19H22O2/c1-13(2)11-18(19(20)21)16-9-6-8-15(12-16)17-10-5-4-7-14(17)3/h4-10,12-13,18H,11H2,1-3H3,(H,20,21). The summed E-state index contributed by atoms with van der Waals surface area (Å²) in [5.41, 5.74) is 4.33. The van der Waals surface area contributed by atoms with Crippen molar-refractivity contribution < 1.29 is 9.90 Å². The molecule has 0 radical (unpaired) electrons. The zero-order valence-corrected chi connectivity index (χ0v) is 12.8. The number of rotatable bonds is 5. The molecule has 0 fully saturated rings. The normalized spacial score (nSPS) is 12.4. The van der Waals surface area contributed by atoms with E-state index < -0.39 is 11.9 Å². The van der Waals surface area contributed by atoms with Crippen LogP contribution < -0.4 is 0 Å². The van der Waals surface area contributed by atoms with E-state index in [9.17, 15) is 9.90 Å². The Morgan fingerprint density at radius 2 is 1.81 bits per heavy atom. The van der Waals surface area contributed by atoms with Crippen LogP contribution in [0, 0.1) is 12.8 Å². The Morgan fingerprint density at radius 3 is 2.43 bits per heavy atom. The lowest BCUT2D eigenvalue weighted by atomic mass is 9.88. The van der Waals surface area contributed by atoms with Gasteiger partial charge in [0.2, 0.25) is 0 Å². The molecule has 0 aromatic heterocycles. The van der Waals surface area contributed by atoms with Gasteiger partial charge in [0.05, 0.1) is 5.92 Å². The summed E-state index contributed by atoms with van der Waals surface area (Å²) in [4.78, 5) is 11.6. The Morgan fingerprint density at radius 1 is 1.10 bits per heavy atom. The van der Waals surface area contributed by atoms with Crippen molar-refractivity contribution in [2.24, 2.45) is 5.92 Å². The van der Waals surface area contributed by atoms with Gasteiger partial charge in [-0.15, -0.1) is 0 Å². The molecule has 0 amide bonds. The van der Waals surface area contributed by atoms with Crippen LogP contribution in [0.15, 0.2) is 48.5 Å². The van der Waals surface area contributed by atoms with E-state index in [4.69, 9.17) is 0 Å². The van der Waals surface area contributed by atoms with Crippen LogP contribution in [0.3, 0.4) is 0 Å². The first-order valence-corrected chi connectivity index (χ1v) is 7.37. The van der Waals surface area contributed by atoms with Crippen LogP contribution in [0.1, 0.15) is 37.3 Å². The number of aliphatic carboxylic acids is 1. The zero-order valence-electron chi connectivity index (χ0n) is 12.8. The number of carbonyl (C=O) groups is 1. The summed E-state index contributed by atoms with van der Waals surface area (Å²) in [5.74, 6) is -0.826. The van der Waals surface area contributed by atoms with Crippen molar-refractivity contribution in [3.8, 4) is 11.1 Å². The monoisotopic (exact) mass is 282 g/mol. The van der Waals surface area contributed by atoms with Crippen LogP contribution in [-0.2, 0) is 4.79 Å². The van der Waals surface area contributed by atoms with Gasteiger partial charge >= 0.3 is 5.97 Å². The third-order valence-electron chi connectivity index (χ3n) is 3.75. The summed E-state index contributed by atoms with van der Waals surface area (Å²) < 4.78 is 0. The minimum absolute atomic E-state index is 0.355. The number of carboxylic acids is 1. The maximum atomic E-state index is 11.6. The van der Waals surface area contributed by atoms with Crippen molar-refractivity contribution in [2.45, 2.75) is 33.1 Å². The highest BCUT2D eigenvalue weighted by atomic mass is 16.4. The average molecular weight is 282 g/mol. The van der Waals surface area contributed by atoms with Gasteiger partial charge in [0.1, 0.15) is 0 Å². The van der Waals surface area contributed by atoms with Gasteiger partial charge in [-0.25, -0.2) is 0 Å². The van der Waals surface area contributed by atoms with Gasteiger partial charge in [0.25, 0.3) is 0 Å². The van der Waals surface area contributed by atoms with Crippen molar-refractivity contribution in [3.05, 3.63) is 59.7 Å². The molecular weight excluding hydrogens is 260 g/mol. The lowest BCUT2D eigenvalue weighted by molar-refractivity contribution is -0.139. The van der Waals surface area contributed by atoms with Crippen LogP contribution >= 0.6 is 0 Å². The highest BCUT2D eigenvalue weighted by Gasteiger charge is 2.21. The van der Waals surface area contributed by atoms with Crippen LogP contribution in [0.2, 0.25) is 0 Å². The molecule has 1 atom stereocenters. The Labute approximate surface area is 126 Å². The van der Waals surface area contributed by atoms with E-state index in [0.29, 0.717) is 12.3 Å². The quantitative estimate of drug-likeness (QED) is 0.849. The first kappa shape index (κ1) is 15.3. The Kier molecular flexibility index (Phi) is 4.79. The Bertz CT molecular complexity index is 629. The molecule has 0 heterocycles. The smallest absolute Gasteiger partial charge is 0.310 e. The third kappa shape index (κ3) is 3.72. The van der Waals surface area contributed by atoms with Crippen LogP contribution in [0.25, 0.3) is 11.1 Å². The minimum Gasteiger partial charge on any atom is -0.481 e. The second-order valence-corrected chi connectivity index (χ2v) is 5.96. The number of hydrogen-bond donors (Lipinski definition) is 1. The van der Waals surface area contributed by atoms with Crippen molar-refractivity contribution in [2.75, 3.05) is 0 Å². The van der Waals surface area contributed by atoms with E-state index >= 15 is 0 Å². The van der Waals surface area contributed by atoms with E-state index in [-0.39, 0.29) is 0 Å². The van der Waals surface area contributed by atoms with Gasteiger partial charge in [-0.05, 0) is 41.5 Å². The molecular formula is C19H22O2. The lowest BCUT2D eigenvalue weighted by Crippen LogP contribution is -2.14. The van der Waals surface area contributed by atoms with Crippen molar-refractivity contribution in [3.63, 3.8) is 0 Å². The molecule has 0 saturated carbocycles. The highest BCUT2D eigenvalue weighted by molar-refractivity contribution is 5.77. The van der Waals surface area contributed by atoms with Gasteiger partial charge in [-0.3, -0.25) is 4.79 Å². The summed E-state index contributed by atoms with van der Waals surface area (Å²) in [7, 11) is 0. The predicted molar refractivity (Wildman–Crippen MR) is 86.4 cm³/mol. The summed E-state index contributed by atoms with van der Waals surface area (Å²) >= 11 is 0. The number of aryl methyl sites for hydroxylation is 1. The molecule has 21 heavy (non-hydrogen) atoms. The predicted octanol–water partition coefficient (Wildman–Crippen LogP) is 4.88. The van der Waals surface area contributed by atoms with Gasteiger partial charge in [-0.2, -0.15) is 0 Å². The second kappa shape index (κ2) is 6.57. The molecule has 2 aromatic carbocycles. The third-order valence-corrected chi connectivity index (χ3v) is 3.75. The van der Waals surface area contributed by atoms with Crippen molar-refractivity contribution in [1.82, 2.24) is 0 Å². The molecule has 110 valence electrons. The molecule has 0 bridgehead atoms. The largest absolute Gasteiger partial charge is 0.481 e. The topological polar surface area (TPSA) is 37.3 Å². The summed E-state index contributed by atoms with van der Waals surface area (Å²) in [5, 5.41) is 9.49. The van der Waals surface area contributed by atoms with Gasteiger partial charge in [0, 0.05) is 0 Å². The van der Waals surface area contributed by atoms with E-state index in [2.05, 4.69) is 32.9 Å². The fourth-order valence-corrected chi connectivity index (χ4v) is 2.67. The number of benzene rings is 2. The maximum Gasteiger partial charge on any atom is 0.310 e. The molecule has 0 spiro atoms. The molecule has 0 aliphatic carbocycles. The molecule has 1 unspecified atom stereocenters. The lowest BCUT2D eigenvalue weighted by Gasteiger charge is -2.16. The van der Waals surface area contributed by atoms with E-state index in [1.807, 2.05) is 36.4 Å². The minimum atomic E-state index is -0.745. The van der Waals surface area contributed by atoms with E-state index in [1.165, 1.54) is 5.56 Å². The molecule has 0 aliphatic rings. The molecule has 0 aliphatic heterocycles. The molecule has 2 rings (SSSR count). The van der Waals surface area contributed by atoms with Gasteiger partial charge in [0.15, 0.2) is 0 Å². The SMILES string of the molecule is Cc1ccccc1-c1cccc(C(CC(C)C)C(=O)O)c1. The van der Waals surface area contributed by atoms with Crippen LogP contribution in [-0.4, -0.2) is 11.1 Å². The van der Waals surface area contributed by atoms with Crippen LogP contribution in [0.4, 0.5) is 0 Å². The van der Waals surface area contributed by atoms with Crippen molar-refractivity contribution in [1.29, 1.82) is 0 Å². The second-order valence-electron chi connectivity index (χ2n) is 5.96. The van der Waals surface area contributed by atoms with Gasteiger partial charge in [-0.1, -0.05) is 62.4 Å². The zero-order chi connectivity index (χ0) is 15.4. The first-order chi connectivity index (χ1) is 9.99. The summed E-state index contributed by atoms with van der Waals surface area (Å²) in [6.45, 7) is 6.19. The number of hydrogen-bond acceptors (Lipinski definition) is 1. The Hall–Kier alpha value is -2.09. The first-order valence-electron chi connectivity index (χ1n) is 7.37. The highest BCUT2D eigenvalue weighted by Crippen LogP contribution is 2.29. The fraction of sp³-hybridized carbons (Fsp3) is 0.316. The molecule has 2 nitrogen and oxygen atoms in total. The van der Waals surface area contributed by atoms with Gasteiger partial charge < -0.3 is 5.11 Å². The van der Waals surface area contributed by atoms with Crippen molar-refractivity contribution >= 4 is 5.97 Å². The molecule has 2 aromatic rings. The maximum absolute atomic E-state index is 11.6. The van der Waals surface area contributed by atoms with Crippen LogP contribution in [0.5, 0.6) is 0 Å². The van der Waals surface area contributed by atoms with E-state index in [1.54, 1.807) is 0 Å². The van der Waals surface area contributed by atoms with E-state index in [0.717, 1.165) is 16.7 Å².